The van der Waals surface area contributed by atoms with Crippen LogP contribution in [0.2, 0.25) is 0 Å². The zero-order valence-corrected chi connectivity index (χ0v) is 14.9. The number of hydrazine groups is 1. The third-order valence-electron chi connectivity index (χ3n) is 5.09. The topological polar surface area (TPSA) is 71.4 Å². The zero-order chi connectivity index (χ0) is 17.6. The highest BCUT2D eigenvalue weighted by molar-refractivity contribution is 5.82. The van der Waals surface area contributed by atoms with E-state index in [1.54, 1.807) is 0 Å². The van der Waals surface area contributed by atoms with Crippen LogP contribution >= 0.6 is 0 Å². The molecule has 2 N–H and O–H groups in total. The monoisotopic (exact) mass is 341 g/mol. The van der Waals surface area contributed by atoms with E-state index in [9.17, 15) is 4.79 Å². The van der Waals surface area contributed by atoms with Crippen LogP contribution in [0.1, 0.15) is 37.3 Å². The van der Waals surface area contributed by atoms with Gasteiger partial charge in [0.2, 0.25) is 5.91 Å². The van der Waals surface area contributed by atoms with Crippen molar-refractivity contribution in [1.82, 2.24) is 20.7 Å². The number of nitriles is 1. The van der Waals surface area contributed by atoms with Crippen molar-refractivity contribution in [3.8, 4) is 6.07 Å². The van der Waals surface area contributed by atoms with E-state index in [1.165, 1.54) is 5.56 Å². The molecule has 2 atom stereocenters. The van der Waals surface area contributed by atoms with E-state index in [4.69, 9.17) is 5.26 Å². The molecule has 0 radical (unpaired) electrons. The van der Waals surface area contributed by atoms with Crippen molar-refractivity contribution in [2.75, 3.05) is 26.2 Å². The Morgan fingerprint density at radius 2 is 1.92 bits per heavy atom. The van der Waals surface area contributed by atoms with Gasteiger partial charge in [0.25, 0.3) is 0 Å². The molecule has 0 aliphatic carbocycles. The molecule has 25 heavy (non-hydrogen) atoms. The van der Waals surface area contributed by atoms with Gasteiger partial charge in [-0.15, -0.1) is 0 Å². The SMILES string of the molecule is CCCC1CC(C(=O)N2CCN(Cc3ccc(C#N)cc3)CC2)NN1. The normalized spacial score (nSPS) is 24.2. The molecule has 2 fully saturated rings. The molecule has 6 nitrogen and oxygen atoms in total. The minimum atomic E-state index is -0.0818. The van der Waals surface area contributed by atoms with Crippen LogP contribution < -0.4 is 10.9 Å². The molecular formula is C19H27N5O. The Morgan fingerprint density at radius 1 is 1.20 bits per heavy atom. The van der Waals surface area contributed by atoms with Gasteiger partial charge in [-0.25, -0.2) is 5.43 Å². The Labute approximate surface area is 149 Å². The number of hydrogen-bond acceptors (Lipinski definition) is 5. The molecule has 0 spiro atoms. The van der Waals surface area contributed by atoms with E-state index in [0.717, 1.165) is 52.0 Å². The second-order valence-corrected chi connectivity index (χ2v) is 6.97. The zero-order valence-electron chi connectivity index (χ0n) is 14.9. The van der Waals surface area contributed by atoms with Gasteiger partial charge < -0.3 is 4.90 Å². The lowest BCUT2D eigenvalue weighted by atomic mass is 10.0. The van der Waals surface area contributed by atoms with Crippen LogP contribution in [0.15, 0.2) is 24.3 Å². The largest absolute Gasteiger partial charge is 0.339 e. The smallest absolute Gasteiger partial charge is 0.241 e. The fourth-order valence-electron chi connectivity index (χ4n) is 3.61. The van der Waals surface area contributed by atoms with E-state index in [0.29, 0.717) is 11.6 Å². The molecule has 2 unspecified atom stereocenters. The van der Waals surface area contributed by atoms with E-state index in [-0.39, 0.29) is 11.9 Å². The average molecular weight is 341 g/mol. The summed E-state index contributed by atoms with van der Waals surface area (Å²) in [5, 5.41) is 8.86. The number of amides is 1. The molecule has 6 heteroatoms. The van der Waals surface area contributed by atoms with Crippen LogP contribution in [0, 0.1) is 11.3 Å². The van der Waals surface area contributed by atoms with Gasteiger partial charge in [0, 0.05) is 38.8 Å². The average Bonchev–Trinajstić information content (AvgIpc) is 3.11. The summed E-state index contributed by atoms with van der Waals surface area (Å²) < 4.78 is 0. The quantitative estimate of drug-likeness (QED) is 0.843. The van der Waals surface area contributed by atoms with Crippen molar-refractivity contribution in [2.45, 2.75) is 44.8 Å². The van der Waals surface area contributed by atoms with Crippen LogP contribution in [0.25, 0.3) is 0 Å². The first kappa shape index (κ1) is 17.9. The van der Waals surface area contributed by atoms with Gasteiger partial charge >= 0.3 is 0 Å². The number of benzene rings is 1. The molecule has 2 aliphatic rings. The summed E-state index contributed by atoms with van der Waals surface area (Å²) in [6.07, 6.45) is 3.13. The van der Waals surface area contributed by atoms with Gasteiger partial charge in [-0.2, -0.15) is 5.26 Å². The molecular weight excluding hydrogens is 314 g/mol. The second kappa shape index (κ2) is 8.43. The predicted molar refractivity (Wildman–Crippen MR) is 96.4 cm³/mol. The maximum Gasteiger partial charge on any atom is 0.241 e. The summed E-state index contributed by atoms with van der Waals surface area (Å²) in [4.78, 5) is 17.0. The molecule has 134 valence electrons. The predicted octanol–water partition coefficient (Wildman–Crippen LogP) is 1.24. The number of carbonyl (C=O) groups is 1. The Balaban J connectivity index is 1.45. The minimum Gasteiger partial charge on any atom is -0.339 e. The highest BCUT2D eigenvalue weighted by Gasteiger charge is 2.32. The van der Waals surface area contributed by atoms with E-state index in [2.05, 4.69) is 28.7 Å². The fourth-order valence-corrected chi connectivity index (χ4v) is 3.61. The molecule has 2 heterocycles. The number of carbonyl (C=O) groups excluding carboxylic acids is 1. The molecule has 2 aliphatic heterocycles. The van der Waals surface area contributed by atoms with Crippen molar-refractivity contribution in [3.05, 3.63) is 35.4 Å². The van der Waals surface area contributed by atoms with Crippen LogP contribution in [0.4, 0.5) is 0 Å². The van der Waals surface area contributed by atoms with Crippen molar-refractivity contribution in [2.24, 2.45) is 0 Å². The highest BCUT2D eigenvalue weighted by Crippen LogP contribution is 2.15. The molecule has 3 rings (SSSR count). The molecule has 0 aromatic heterocycles. The third-order valence-corrected chi connectivity index (χ3v) is 5.09. The standard InChI is InChI=1S/C19H27N5O/c1-2-3-17-12-18(22-21-17)19(25)24-10-8-23(9-11-24)14-16-6-4-15(13-20)5-7-16/h4-7,17-18,21-22H,2-3,8-12,14H2,1H3. The molecule has 1 aromatic rings. The molecule has 0 bridgehead atoms. The fraction of sp³-hybridized carbons (Fsp3) is 0.579. The lowest BCUT2D eigenvalue weighted by Gasteiger charge is -2.35. The number of hydrogen-bond donors (Lipinski definition) is 2. The van der Waals surface area contributed by atoms with E-state index >= 15 is 0 Å². The summed E-state index contributed by atoms with van der Waals surface area (Å²) >= 11 is 0. The highest BCUT2D eigenvalue weighted by atomic mass is 16.2. The second-order valence-electron chi connectivity index (χ2n) is 6.97. The number of nitrogens with zero attached hydrogens (tertiary/aromatic N) is 3. The first-order valence-electron chi connectivity index (χ1n) is 9.21. The number of rotatable bonds is 5. The first-order chi connectivity index (χ1) is 12.2. The van der Waals surface area contributed by atoms with Crippen molar-refractivity contribution >= 4 is 5.91 Å². The van der Waals surface area contributed by atoms with Crippen LogP contribution in [-0.4, -0.2) is 54.0 Å². The molecule has 2 saturated heterocycles. The summed E-state index contributed by atoms with van der Waals surface area (Å²) in [6, 6.07) is 10.2. The van der Waals surface area contributed by atoms with Gasteiger partial charge in [0.15, 0.2) is 0 Å². The van der Waals surface area contributed by atoms with Crippen LogP contribution in [0.3, 0.4) is 0 Å². The van der Waals surface area contributed by atoms with Crippen molar-refractivity contribution in [3.63, 3.8) is 0 Å². The third kappa shape index (κ3) is 4.57. The molecule has 1 aromatic carbocycles. The Morgan fingerprint density at radius 3 is 2.56 bits per heavy atom. The maximum atomic E-state index is 12.7. The Bertz CT molecular complexity index is 616. The van der Waals surface area contributed by atoms with E-state index in [1.807, 2.05) is 29.2 Å². The lowest BCUT2D eigenvalue weighted by molar-refractivity contribution is -0.135. The Kier molecular flexibility index (Phi) is 6.03. The molecule has 0 saturated carbocycles. The summed E-state index contributed by atoms with van der Waals surface area (Å²) in [5.74, 6) is 0.226. The minimum absolute atomic E-state index is 0.0818. The van der Waals surface area contributed by atoms with Gasteiger partial charge in [-0.05, 0) is 30.5 Å². The van der Waals surface area contributed by atoms with Gasteiger partial charge in [-0.1, -0.05) is 25.5 Å². The number of nitrogens with one attached hydrogen (secondary N) is 2. The van der Waals surface area contributed by atoms with Crippen molar-refractivity contribution in [1.29, 1.82) is 5.26 Å². The van der Waals surface area contributed by atoms with Crippen LogP contribution in [-0.2, 0) is 11.3 Å². The van der Waals surface area contributed by atoms with E-state index < -0.39 is 0 Å². The van der Waals surface area contributed by atoms with Gasteiger partial charge in [0.1, 0.15) is 6.04 Å². The summed E-state index contributed by atoms with van der Waals surface area (Å²) in [5.41, 5.74) is 8.32. The summed E-state index contributed by atoms with van der Waals surface area (Å²) in [7, 11) is 0. The van der Waals surface area contributed by atoms with Gasteiger partial charge in [0.05, 0.1) is 11.6 Å². The first-order valence-corrected chi connectivity index (χ1v) is 9.21. The van der Waals surface area contributed by atoms with Gasteiger partial charge in [-0.3, -0.25) is 15.1 Å². The maximum absolute atomic E-state index is 12.7. The lowest BCUT2D eigenvalue weighted by Crippen LogP contribution is -2.53. The number of piperazine rings is 1. The van der Waals surface area contributed by atoms with Crippen LogP contribution in [0.5, 0.6) is 0 Å². The van der Waals surface area contributed by atoms with Crippen molar-refractivity contribution < 1.29 is 4.79 Å². The summed E-state index contributed by atoms with van der Waals surface area (Å²) in [6.45, 7) is 6.39. The molecule has 1 amide bonds. The Hall–Kier alpha value is -1.94.